The number of hydrogen-bond acceptors (Lipinski definition) is 3. The van der Waals surface area contributed by atoms with Crippen molar-refractivity contribution < 1.29 is 4.79 Å². The van der Waals surface area contributed by atoms with Gasteiger partial charge in [-0.3, -0.25) is 9.48 Å². The predicted molar refractivity (Wildman–Crippen MR) is 137 cm³/mol. The van der Waals surface area contributed by atoms with E-state index in [2.05, 4.69) is 26.3 Å². The number of carbonyl (C=O) groups is 1. The van der Waals surface area contributed by atoms with E-state index in [0.29, 0.717) is 17.8 Å². The molecule has 7 heteroatoms. The smallest absolute Gasteiger partial charge is 0.259 e. The summed E-state index contributed by atoms with van der Waals surface area (Å²) in [6.45, 7) is 2.58. The Morgan fingerprint density at radius 3 is 2.26 bits per heavy atom. The number of nitrogens with zero attached hydrogens (tertiary/aromatic N) is 4. The molecule has 1 N–H and O–H groups in total. The Labute approximate surface area is 206 Å². The number of halogens is 1. The zero-order valence-electron chi connectivity index (χ0n) is 18.5. The second-order valence-corrected chi connectivity index (χ2v) is 8.85. The molecule has 0 aliphatic carbocycles. The van der Waals surface area contributed by atoms with Crippen molar-refractivity contribution in [1.82, 2.24) is 19.6 Å². The Hall–Kier alpha value is -3.97. The van der Waals surface area contributed by atoms with E-state index in [-0.39, 0.29) is 5.91 Å². The van der Waals surface area contributed by atoms with Crippen LogP contribution in [0.3, 0.4) is 0 Å². The van der Waals surface area contributed by atoms with Crippen LogP contribution in [0.5, 0.6) is 0 Å². The summed E-state index contributed by atoms with van der Waals surface area (Å²) in [4.78, 5) is 13.5. The van der Waals surface area contributed by atoms with E-state index in [0.717, 1.165) is 32.7 Å². The lowest BCUT2D eigenvalue weighted by Gasteiger charge is -2.09. The van der Waals surface area contributed by atoms with Crippen molar-refractivity contribution in [3.8, 4) is 16.9 Å². The van der Waals surface area contributed by atoms with Crippen LogP contribution >= 0.6 is 15.9 Å². The van der Waals surface area contributed by atoms with Crippen molar-refractivity contribution >= 4 is 27.5 Å². The van der Waals surface area contributed by atoms with Gasteiger partial charge in [-0.1, -0.05) is 60.7 Å². The van der Waals surface area contributed by atoms with Crippen LogP contribution in [-0.4, -0.2) is 25.5 Å². The molecule has 5 aromatic rings. The lowest BCUT2D eigenvalue weighted by atomic mass is 10.1. The summed E-state index contributed by atoms with van der Waals surface area (Å²) in [7, 11) is 0. The van der Waals surface area contributed by atoms with Crippen LogP contribution in [0.4, 0.5) is 5.69 Å². The summed E-state index contributed by atoms with van der Waals surface area (Å²) in [5.41, 5.74) is 5.61. The van der Waals surface area contributed by atoms with Gasteiger partial charge < -0.3 is 5.32 Å². The largest absolute Gasteiger partial charge is 0.322 e. The Balaban J connectivity index is 1.44. The van der Waals surface area contributed by atoms with Crippen LogP contribution in [0.1, 0.15) is 21.6 Å². The van der Waals surface area contributed by atoms with Crippen molar-refractivity contribution in [3.63, 3.8) is 0 Å². The average molecular weight is 512 g/mol. The Bertz CT molecular complexity index is 1420. The number of amides is 1. The Morgan fingerprint density at radius 2 is 1.62 bits per heavy atom. The van der Waals surface area contributed by atoms with Crippen molar-refractivity contribution in [2.24, 2.45) is 0 Å². The number of aromatic nitrogens is 4. The SMILES string of the molecule is Cc1c(C(=O)Nc2ccc(Cn3cc(Br)cn3)cc2)c(-c2ccccc2)nn1-c1ccccc1. The van der Waals surface area contributed by atoms with E-state index in [1.807, 2.05) is 107 Å². The van der Waals surface area contributed by atoms with Crippen LogP contribution in [-0.2, 0) is 6.54 Å². The Morgan fingerprint density at radius 1 is 0.941 bits per heavy atom. The molecular formula is C27H22BrN5O. The van der Waals surface area contributed by atoms with Crippen LogP contribution in [0.2, 0.25) is 0 Å². The van der Waals surface area contributed by atoms with Gasteiger partial charge in [0.25, 0.3) is 5.91 Å². The molecule has 5 rings (SSSR count). The van der Waals surface area contributed by atoms with Crippen molar-refractivity contribution in [2.75, 3.05) is 5.32 Å². The molecule has 2 heterocycles. The van der Waals surface area contributed by atoms with Gasteiger partial charge in [-0.15, -0.1) is 0 Å². The maximum absolute atomic E-state index is 13.5. The van der Waals surface area contributed by atoms with Gasteiger partial charge in [0.05, 0.1) is 34.2 Å². The second-order valence-electron chi connectivity index (χ2n) is 7.93. The van der Waals surface area contributed by atoms with Crippen LogP contribution in [0.15, 0.2) is 102 Å². The van der Waals surface area contributed by atoms with Crippen molar-refractivity contribution in [1.29, 1.82) is 0 Å². The van der Waals surface area contributed by atoms with Gasteiger partial charge in [0.1, 0.15) is 5.69 Å². The molecule has 0 radical (unpaired) electrons. The van der Waals surface area contributed by atoms with Gasteiger partial charge in [0.15, 0.2) is 0 Å². The van der Waals surface area contributed by atoms with Gasteiger partial charge in [-0.2, -0.15) is 10.2 Å². The molecule has 0 aliphatic heterocycles. The van der Waals surface area contributed by atoms with Gasteiger partial charge in [-0.05, 0) is 52.7 Å². The number of nitrogens with one attached hydrogen (secondary N) is 1. The predicted octanol–water partition coefficient (Wildman–Crippen LogP) is 6.11. The number of para-hydroxylation sites is 1. The second kappa shape index (κ2) is 9.49. The zero-order chi connectivity index (χ0) is 23.5. The van der Waals surface area contributed by atoms with Crippen LogP contribution < -0.4 is 5.32 Å². The number of rotatable bonds is 6. The fraction of sp³-hybridized carbons (Fsp3) is 0.0741. The monoisotopic (exact) mass is 511 g/mol. The summed E-state index contributed by atoms with van der Waals surface area (Å²) in [5.74, 6) is -0.192. The molecular weight excluding hydrogens is 490 g/mol. The van der Waals surface area contributed by atoms with Crippen molar-refractivity contribution in [2.45, 2.75) is 13.5 Å². The first-order chi connectivity index (χ1) is 16.6. The molecule has 0 spiro atoms. The normalized spacial score (nSPS) is 10.9. The van der Waals surface area contributed by atoms with E-state index in [4.69, 9.17) is 5.10 Å². The topological polar surface area (TPSA) is 64.7 Å². The molecule has 0 atom stereocenters. The maximum atomic E-state index is 13.5. The molecule has 34 heavy (non-hydrogen) atoms. The molecule has 0 fully saturated rings. The van der Waals surface area contributed by atoms with E-state index in [1.165, 1.54) is 0 Å². The van der Waals surface area contributed by atoms with Gasteiger partial charge in [-0.25, -0.2) is 4.68 Å². The third-order valence-electron chi connectivity index (χ3n) is 5.55. The standard InChI is InChI=1S/C27H22BrN5O/c1-19-25(26(21-8-4-2-5-9-21)31-33(19)24-10-6-3-7-11-24)27(34)30-23-14-12-20(13-15-23)17-32-18-22(28)16-29-32/h2-16,18H,17H2,1H3,(H,30,34). The first kappa shape index (κ1) is 21.9. The molecule has 0 bridgehead atoms. The summed E-state index contributed by atoms with van der Waals surface area (Å²) in [6, 6.07) is 27.4. The summed E-state index contributed by atoms with van der Waals surface area (Å²) >= 11 is 3.41. The lowest BCUT2D eigenvalue weighted by Crippen LogP contribution is -2.14. The average Bonchev–Trinajstić information content (AvgIpc) is 3.44. The Kier molecular flexibility index (Phi) is 6.10. The minimum absolute atomic E-state index is 0.192. The van der Waals surface area contributed by atoms with Crippen LogP contribution in [0, 0.1) is 6.92 Å². The van der Waals surface area contributed by atoms with E-state index in [9.17, 15) is 4.79 Å². The fourth-order valence-electron chi connectivity index (χ4n) is 3.89. The molecule has 0 saturated carbocycles. The minimum atomic E-state index is -0.192. The first-order valence-electron chi connectivity index (χ1n) is 10.9. The molecule has 6 nitrogen and oxygen atoms in total. The minimum Gasteiger partial charge on any atom is -0.322 e. The molecule has 1 amide bonds. The third kappa shape index (κ3) is 4.56. The van der Waals surface area contributed by atoms with Crippen molar-refractivity contribution in [3.05, 3.63) is 119 Å². The van der Waals surface area contributed by atoms with Crippen LogP contribution in [0.25, 0.3) is 16.9 Å². The highest BCUT2D eigenvalue weighted by atomic mass is 79.9. The quantitative estimate of drug-likeness (QED) is 0.299. The highest BCUT2D eigenvalue weighted by Gasteiger charge is 2.23. The number of benzene rings is 3. The molecule has 3 aromatic carbocycles. The molecule has 0 saturated heterocycles. The summed E-state index contributed by atoms with van der Waals surface area (Å²) < 4.78 is 4.62. The molecule has 0 unspecified atom stereocenters. The highest BCUT2D eigenvalue weighted by Crippen LogP contribution is 2.28. The fourth-order valence-corrected chi connectivity index (χ4v) is 4.22. The summed E-state index contributed by atoms with van der Waals surface area (Å²) in [6.07, 6.45) is 3.69. The van der Waals surface area contributed by atoms with E-state index in [1.54, 1.807) is 6.20 Å². The molecule has 2 aromatic heterocycles. The maximum Gasteiger partial charge on any atom is 0.259 e. The highest BCUT2D eigenvalue weighted by molar-refractivity contribution is 9.10. The van der Waals surface area contributed by atoms with Gasteiger partial charge in [0.2, 0.25) is 0 Å². The molecule has 0 aliphatic rings. The van der Waals surface area contributed by atoms with E-state index < -0.39 is 0 Å². The summed E-state index contributed by atoms with van der Waals surface area (Å²) in [5, 5.41) is 12.2. The lowest BCUT2D eigenvalue weighted by molar-refractivity contribution is 0.102. The number of anilines is 1. The zero-order valence-corrected chi connectivity index (χ0v) is 20.1. The van der Waals surface area contributed by atoms with Gasteiger partial charge >= 0.3 is 0 Å². The van der Waals surface area contributed by atoms with Gasteiger partial charge in [0, 0.05) is 17.4 Å². The third-order valence-corrected chi connectivity index (χ3v) is 5.96. The van der Waals surface area contributed by atoms with E-state index >= 15 is 0 Å². The number of carbonyl (C=O) groups excluding carboxylic acids is 1. The molecule has 168 valence electrons. The first-order valence-corrected chi connectivity index (χ1v) is 11.7. The number of hydrogen-bond donors (Lipinski definition) is 1.